The number of esters is 1. The van der Waals surface area contributed by atoms with Gasteiger partial charge in [-0.1, -0.05) is 35.5 Å². The Bertz CT molecular complexity index is 1200. The van der Waals surface area contributed by atoms with Gasteiger partial charge in [0.2, 0.25) is 0 Å². The third-order valence-electron chi connectivity index (χ3n) is 4.64. The Hall–Kier alpha value is -4.05. The summed E-state index contributed by atoms with van der Waals surface area (Å²) >= 11 is 1.14. The van der Waals surface area contributed by atoms with Gasteiger partial charge in [0.15, 0.2) is 0 Å². The number of nitro groups is 1. The van der Waals surface area contributed by atoms with Crippen LogP contribution in [0.4, 0.5) is 15.5 Å². The van der Waals surface area contributed by atoms with Gasteiger partial charge in [-0.2, -0.15) is 0 Å². The molecule has 0 saturated heterocycles. The fraction of sp³-hybridized carbons (Fsp3) is 0.174. The Morgan fingerprint density at radius 1 is 1.12 bits per heavy atom. The quantitative estimate of drug-likeness (QED) is 0.155. The fourth-order valence-corrected chi connectivity index (χ4v) is 4.20. The minimum absolute atomic E-state index is 0.0489. The molecule has 170 valence electrons. The van der Waals surface area contributed by atoms with Crippen molar-refractivity contribution in [1.82, 2.24) is 0 Å². The molecule has 9 nitrogen and oxygen atoms in total. The van der Waals surface area contributed by atoms with Gasteiger partial charge >= 0.3 is 12.1 Å². The van der Waals surface area contributed by atoms with Crippen LogP contribution >= 0.6 is 11.3 Å². The second kappa shape index (κ2) is 10.5. The molecule has 1 amide bonds. The predicted octanol–water partition coefficient (Wildman–Crippen LogP) is 5.78. The molecule has 1 N–H and O–H groups in total. The van der Waals surface area contributed by atoms with Crippen LogP contribution in [0, 0.1) is 17.0 Å². The third kappa shape index (κ3) is 5.60. The van der Waals surface area contributed by atoms with Gasteiger partial charge in [-0.25, -0.2) is 9.59 Å². The summed E-state index contributed by atoms with van der Waals surface area (Å²) < 4.78 is 5.15. The van der Waals surface area contributed by atoms with Crippen LogP contribution in [0.5, 0.6) is 0 Å². The summed E-state index contributed by atoms with van der Waals surface area (Å²) in [7, 11) is 0. The summed E-state index contributed by atoms with van der Waals surface area (Å²) in [5.41, 5.74) is 2.68. The first-order valence-electron chi connectivity index (χ1n) is 9.95. The molecule has 33 heavy (non-hydrogen) atoms. The van der Waals surface area contributed by atoms with Crippen molar-refractivity contribution in [2.75, 3.05) is 11.9 Å². The largest absolute Gasteiger partial charge is 0.462 e. The number of ether oxygens (including phenoxy) is 1. The summed E-state index contributed by atoms with van der Waals surface area (Å²) in [5, 5.41) is 17.6. The minimum Gasteiger partial charge on any atom is -0.462 e. The van der Waals surface area contributed by atoms with Crippen molar-refractivity contribution in [2.45, 2.75) is 20.8 Å². The number of thiophene rings is 1. The van der Waals surface area contributed by atoms with Gasteiger partial charge in [-0.15, -0.1) is 11.3 Å². The number of amides is 1. The second-order valence-corrected chi connectivity index (χ2v) is 7.85. The molecule has 10 heteroatoms. The second-order valence-electron chi connectivity index (χ2n) is 6.83. The molecule has 3 aromatic rings. The molecule has 0 aliphatic rings. The van der Waals surface area contributed by atoms with Gasteiger partial charge in [0.25, 0.3) is 5.69 Å². The number of oxime groups is 1. The molecule has 0 aliphatic carbocycles. The zero-order valence-corrected chi connectivity index (χ0v) is 19.0. The lowest BCUT2D eigenvalue weighted by molar-refractivity contribution is -0.384. The van der Waals surface area contributed by atoms with Crippen LogP contribution in [-0.4, -0.2) is 29.3 Å². The van der Waals surface area contributed by atoms with Crippen molar-refractivity contribution in [3.63, 3.8) is 0 Å². The molecule has 0 atom stereocenters. The fourth-order valence-electron chi connectivity index (χ4n) is 3.02. The lowest BCUT2D eigenvalue weighted by Crippen LogP contribution is -2.14. The molecule has 0 bridgehead atoms. The highest BCUT2D eigenvalue weighted by atomic mass is 32.1. The van der Waals surface area contributed by atoms with Gasteiger partial charge < -0.3 is 4.74 Å². The van der Waals surface area contributed by atoms with Crippen molar-refractivity contribution in [3.05, 3.63) is 81.4 Å². The monoisotopic (exact) mass is 467 g/mol. The highest BCUT2D eigenvalue weighted by Gasteiger charge is 2.25. The number of anilines is 1. The van der Waals surface area contributed by atoms with E-state index in [9.17, 15) is 19.7 Å². The molecule has 0 fully saturated rings. The normalized spacial score (nSPS) is 11.1. The molecule has 1 aromatic heterocycles. The number of non-ortho nitro benzene ring substituents is 1. The summed E-state index contributed by atoms with van der Waals surface area (Å²) in [6, 6.07) is 15.1. The minimum atomic E-state index is -0.868. The average molecular weight is 468 g/mol. The number of carbonyl (C=O) groups is 2. The van der Waals surface area contributed by atoms with E-state index >= 15 is 0 Å². The number of carbonyl (C=O) groups excluding carboxylic acids is 2. The van der Waals surface area contributed by atoms with Crippen molar-refractivity contribution in [1.29, 1.82) is 0 Å². The average Bonchev–Trinajstić information content (AvgIpc) is 3.13. The molecule has 0 spiro atoms. The van der Waals surface area contributed by atoms with E-state index in [-0.39, 0.29) is 22.9 Å². The maximum absolute atomic E-state index is 12.6. The van der Waals surface area contributed by atoms with Gasteiger partial charge in [0, 0.05) is 17.0 Å². The van der Waals surface area contributed by atoms with E-state index in [4.69, 9.17) is 9.57 Å². The van der Waals surface area contributed by atoms with Crippen molar-refractivity contribution in [3.8, 4) is 10.4 Å². The number of rotatable bonds is 7. The number of nitro benzene ring substituents is 1. The molecule has 0 unspecified atom stereocenters. The molecule has 0 aliphatic heterocycles. The molecule has 0 saturated carbocycles. The summed E-state index contributed by atoms with van der Waals surface area (Å²) in [6.07, 6.45) is -0.868. The van der Waals surface area contributed by atoms with Crippen LogP contribution in [0.2, 0.25) is 0 Å². The smallest absolute Gasteiger partial charge is 0.438 e. The van der Waals surface area contributed by atoms with E-state index in [0.29, 0.717) is 21.7 Å². The van der Waals surface area contributed by atoms with E-state index in [1.54, 1.807) is 32.9 Å². The Kier molecular flexibility index (Phi) is 7.52. The highest BCUT2D eigenvalue weighted by molar-refractivity contribution is 7.20. The molecule has 0 radical (unpaired) electrons. The van der Waals surface area contributed by atoms with Gasteiger partial charge in [0.05, 0.1) is 22.8 Å². The van der Waals surface area contributed by atoms with E-state index in [1.807, 2.05) is 30.3 Å². The maximum atomic E-state index is 12.6. The molecule has 3 rings (SSSR count). The standard InChI is InChI=1S/C23H21N3O6S/c1-4-31-22(27)19-14(2)20(17-10-12-18(13-11-17)26(29)30)33-21(19)24-23(28)32-25-15(3)16-8-6-5-7-9-16/h5-13H,4H2,1-3H3,(H,24,28)/b25-15-. The Morgan fingerprint density at radius 2 is 1.79 bits per heavy atom. The topological polar surface area (TPSA) is 120 Å². The predicted molar refractivity (Wildman–Crippen MR) is 126 cm³/mol. The lowest BCUT2D eigenvalue weighted by atomic mass is 10.1. The summed E-state index contributed by atoms with van der Waals surface area (Å²) in [5.74, 6) is -0.598. The Labute approximate surface area is 193 Å². The zero-order valence-electron chi connectivity index (χ0n) is 18.2. The molecule has 2 aromatic carbocycles. The van der Waals surface area contributed by atoms with Crippen molar-refractivity contribution in [2.24, 2.45) is 5.16 Å². The van der Waals surface area contributed by atoms with Crippen molar-refractivity contribution < 1.29 is 24.1 Å². The number of benzene rings is 2. The van der Waals surface area contributed by atoms with E-state index in [1.165, 1.54) is 12.1 Å². The number of nitrogens with zero attached hydrogens (tertiary/aromatic N) is 2. The van der Waals surface area contributed by atoms with Gasteiger partial charge in [0.1, 0.15) is 5.00 Å². The maximum Gasteiger partial charge on any atom is 0.438 e. The Balaban J connectivity index is 1.88. The molecular weight excluding hydrogens is 446 g/mol. The van der Waals surface area contributed by atoms with Gasteiger partial charge in [-0.3, -0.25) is 20.3 Å². The summed E-state index contributed by atoms with van der Waals surface area (Å²) in [6.45, 7) is 5.26. The zero-order chi connectivity index (χ0) is 24.0. The molecule has 1 heterocycles. The number of nitrogens with one attached hydrogen (secondary N) is 1. The first kappa shape index (κ1) is 23.6. The third-order valence-corrected chi connectivity index (χ3v) is 5.90. The lowest BCUT2D eigenvalue weighted by Gasteiger charge is -2.06. The Morgan fingerprint density at radius 3 is 2.39 bits per heavy atom. The van der Waals surface area contributed by atoms with Crippen molar-refractivity contribution >= 4 is 39.8 Å². The van der Waals surface area contributed by atoms with Crippen LogP contribution in [0.25, 0.3) is 10.4 Å². The first-order chi connectivity index (χ1) is 15.8. The van der Waals surface area contributed by atoms with Crippen LogP contribution in [0.15, 0.2) is 59.8 Å². The van der Waals surface area contributed by atoms with E-state index < -0.39 is 17.0 Å². The number of hydrogen-bond donors (Lipinski definition) is 1. The van der Waals surface area contributed by atoms with Gasteiger partial charge in [-0.05, 0) is 49.6 Å². The van der Waals surface area contributed by atoms with Crippen LogP contribution in [-0.2, 0) is 9.57 Å². The van der Waals surface area contributed by atoms with Crippen LogP contribution in [0.3, 0.4) is 0 Å². The van der Waals surface area contributed by atoms with Crippen LogP contribution < -0.4 is 5.32 Å². The highest BCUT2D eigenvalue weighted by Crippen LogP contribution is 2.40. The first-order valence-corrected chi connectivity index (χ1v) is 10.8. The van der Waals surface area contributed by atoms with Crippen LogP contribution in [0.1, 0.15) is 35.3 Å². The van der Waals surface area contributed by atoms with E-state index in [2.05, 4.69) is 10.5 Å². The number of hydrogen-bond acceptors (Lipinski definition) is 8. The SMILES string of the molecule is CCOC(=O)c1c(NC(=O)O/N=C(/C)c2ccccc2)sc(-c2ccc([N+](=O)[O-])cc2)c1C. The summed E-state index contributed by atoms with van der Waals surface area (Å²) in [4.78, 5) is 41.1. The molecular formula is C23H21N3O6S. The van der Waals surface area contributed by atoms with E-state index in [0.717, 1.165) is 16.9 Å².